The maximum absolute atomic E-state index is 10.6. The summed E-state index contributed by atoms with van der Waals surface area (Å²) in [5, 5.41) is 28.0. The molecular weight excluding hydrogens is 232 g/mol. The van der Waals surface area contributed by atoms with Crippen LogP contribution in [0.1, 0.15) is 11.1 Å². The summed E-state index contributed by atoms with van der Waals surface area (Å²) in [7, 11) is 0. The number of hydrogen-bond donors (Lipinski definition) is 2. The van der Waals surface area contributed by atoms with Gasteiger partial charge in [0.05, 0.1) is 11.3 Å². The summed E-state index contributed by atoms with van der Waals surface area (Å²) < 4.78 is 0. The fraction of sp³-hybridized carbons (Fsp3) is 0.111. The quantitative estimate of drug-likeness (QED) is 0.470. The van der Waals surface area contributed by atoms with Gasteiger partial charge in [0.15, 0.2) is 0 Å². The molecule has 0 bridgehead atoms. The van der Waals surface area contributed by atoms with Crippen molar-refractivity contribution in [1.29, 1.82) is 5.26 Å². The molecule has 0 unspecified atom stereocenters. The maximum Gasteiger partial charge on any atom is 0.307 e. The Bertz CT molecular complexity index is 507. The van der Waals surface area contributed by atoms with Gasteiger partial charge in [-0.2, -0.15) is 5.26 Å². The van der Waals surface area contributed by atoms with E-state index in [2.05, 4.69) is 12.6 Å². The Balaban J connectivity index is 3.45. The van der Waals surface area contributed by atoms with Crippen LogP contribution >= 0.6 is 12.6 Å². The number of carboxylic acids is 1. The van der Waals surface area contributed by atoms with Crippen molar-refractivity contribution >= 4 is 24.3 Å². The molecule has 0 aliphatic rings. The van der Waals surface area contributed by atoms with Gasteiger partial charge in [-0.05, 0) is 6.07 Å². The van der Waals surface area contributed by atoms with E-state index in [1.165, 1.54) is 6.07 Å². The first kappa shape index (κ1) is 12.0. The summed E-state index contributed by atoms with van der Waals surface area (Å²) in [5.41, 5.74) is -0.594. The van der Waals surface area contributed by atoms with Gasteiger partial charge in [-0.15, -0.1) is 12.6 Å². The van der Waals surface area contributed by atoms with Gasteiger partial charge in [-0.1, -0.05) is 0 Å². The highest BCUT2D eigenvalue weighted by Gasteiger charge is 2.21. The minimum atomic E-state index is -1.17. The average Bonchev–Trinajstić information content (AvgIpc) is 2.19. The number of nitro groups is 1. The van der Waals surface area contributed by atoms with E-state index >= 15 is 0 Å². The number of carbonyl (C=O) groups is 1. The summed E-state index contributed by atoms with van der Waals surface area (Å²) in [6, 6.07) is 4.07. The van der Waals surface area contributed by atoms with Crippen molar-refractivity contribution < 1.29 is 14.8 Å². The Kier molecular flexibility index (Phi) is 3.48. The van der Waals surface area contributed by atoms with Crippen molar-refractivity contribution in [2.75, 3.05) is 0 Å². The van der Waals surface area contributed by atoms with Crippen LogP contribution in [0, 0.1) is 21.4 Å². The van der Waals surface area contributed by atoms with Crippen LogP contribution in [0.5, 0.6) is 0 Å². The molecule has 0 saturated heterocycles. The summed E-state index contributed by atoms with van der Waals surface area (Å²) in [6.07, 6.45) is -0.469. The summed E-state index contributed by atoms with van der Waals surface area (Å²) in [6.45, 7) is 0. The van der Waals surface area contributed by atoms with Crippen LogP contribution in [0.25, 0.3) is 0 Å². The summed E-state index contributed by atoms with van der Waals surface area (Å²) in [4.78, 5) is 20.7. The molecule has 0 spiro atoms. The lowest BCUT2D eigenvalue weighted by Gasteiger charge is -2.04. The molecule has 82 valence electrons. The lowest BCUT2D eigenvalue weighted by atomic mass is 10.0. The van der Waals surface area contributed by atoms with Gasteiger partial charge >= 0.3 is 5.97 Å². The molecule has 0 saturated carbocycles. The zero-order valence-electron chi connectivity index (χ0n) is 7.88. The largest absolute Gasteiger partial charge is 0.481 e. The predicted octanol–water partition coefficient (Wildman–Crippen LogP) is 1.38. The number of benzene rings is 1. The molecule has 7 heteroatoms. The summed E-state index contributed by atoms with van der Waals surface area (Å²) in [5.74, 6) is -1.17. The van der Waals surface area contributed by atoms with E-state index in [1.807, 2.05) is 0 Å². The van der Waals surface area contributed by atoms with Gasteiger partial charge in [0.2, 0.25) is 0 Å². The van der Waals surface area contributed by atoms with E-state index < -0.39 is 23.0 Å². The van der Waals surface area contributed by atoms with Gasteiger partial charge in [0, 0.05) is 16.5 Å². The Labute approximate surface area is 95.7 Å². The van der Waals surface area contributed by atoms with Crippen molar-refractivity contribution in [3.63, 3.8) is 0 Å². The van der Waals surface area contributed by atoms with E-state index in [4.69, 9.17) is 10.4 Å². The van der Waals surface area contributed by atoms with Crippen LogP contribution in [-0.4, -0.2) is 16.0 Å². The molecule has 0 aliphatic carbocycles. The van der Waals surface area contributed by atoms with Crippen LogP contribution in [0.4, 0.5) is 5.69 Å². The number of carboxylic acid groups (broad SMARTS) is 1. The van der Waals surface area contributed by atoms with E-state index in [9.17, 15) is 14.9 Å². The van der Waals surface area contributed by atoms with Gasteiger partial charge in [-0.3, -0.25) is 14.9 Å². The molecule has 0 fully saturated rings. The highest BCUT2D eigenvalue weighted by molar-refractivity contribution is 7.80. The molecule has 0 radical (unpaired) electrons. The molecule has 0 amide bonds. The fourth-order valence-corrected chi connectivity index (χ4v) is 1.50. The van der Waals surface area contributed by atoms with Crippen LogP contribution in [0.3, 0.4) is 0 Å². The first-order chi connectivity index (χ1) is 7.47. The monoisotopic (exact) mass is 238 g/mol. The van der Waals surface area contributed by atoms with E-state index in [-0.39, 0.29) is 16.0 Å². The third kappa shape index (κ3) is 2.29. The molecule has 6 nitrogen and oxygen atoms in total. The number of hydrogen-bond acceptors (Lipinski definition) is 5. The predicted molar refractivity (Wildman–Crippen MR) is 56.4 cm³/mol. The van der Waals surface area contributed by atoms with E-state index in [0.717, 1.165) is 6.07 Å². The van der Waals surface area contributed by atoms with Gasteiger partial charge in [0.25, 0.3) is 5.69 Å². The first-order valence-corrected chi connectivity index (χ1v) is 4.53. The fourth-order valence-electron chi connectivity index (χ4n) is 1.23. The van der Waals surface area contributed by atoms with E-state index in [1.54, 1.807) is 6.07 Å². The Morgan fingerprint density at radius 2 is 2.25 bits per heavy atom. The van der Waals surface area contributed by atoms with Crippen LogP contribution in [-0.2, 0) is 11.2 Å². The smallest absolute Gasteiger partial charge is 0.307 e. The highest BCUT2D eigenvalue weighted by Crippen LogP contribution is 2.27. The van der Waals surface area contributed by atoms with Gasteiger partial charge in [0.1, 0.15) is 11.6 Å². The molecule has 1 aromatic carbocycles. The first-order valence-electron chi connectivity index (χ1n) is 4.08. The van der Waals surface area contributed by atoms with Crippen molar-refractivity contribution in [2.24, 2.45) is 0 Å². The molecule has 1 aromatic rings. The Morgan fingerprint density at radius 3 is 2.69 bits per heavy atom. The summed E-state index contributed by atoms with van der Waals surface area (Å²) >= 11 is 3.97. The molecule has 1 rings (SSSR count). The molecule has 16 heavy (non-hydrogen) atoms. The zero-order valence-corrected chi connectivity index (χ0v) is 8.77. The lowest BCUT2D eigenvalue weighted by molar-refractivity contribution is -0.385. The third-order valence-corrected chi connectivity index (χ3v) is 2.32. The average molecular weight is 238 g/mol. The standard InChI is InChI=1S/C9H6N2O4S/c10-4-6-5(3-9(12)13)8(16)2-1-7(6)11(14)15/h1-2,16H,3H2,(H,12,13). The Hall–Kier alpha value is -2.07. The van der Waals surface area contributed by atoms with Crippen molar-refractivity contribution in [1.82, 2.24) is 0 Å². The highest BCUT2D eigenvalue weighted by atomic mass is 32.1. The molecule has 1 N–H and O–H groups in total. The molecule has 0 atom stereocenters. The second-order valence-electron chi connectivity index (χ2n) is 2.90. The lowest BCUT2D eigenvalue weighted by Crippen LogP contribution is -2.05. The maximum atomic E-state index is 10.6. The number of nitrogens with zero attached hydrogens (tertiary/aromatic N) is 2. The minimum Gasteiger partial charge on any atom is -0.481 e. The second-order valence-corrected chi connectivity index (χ2v) is 3.38. The zero-order chi connectivity index (χ0) is 12.3. The van der Waals surface area contributed by atoms with Crippen molar-refractivity contribution in [3.05, 3.63) is 33.4 Å². The molecule has 0 heterocycles. The Morgan fingerprint density at radius 1 is 1.62 bits per heavy atom. The number of rotatable bonds is 3. The topological polar surface area (TPSA) is 104 Å². The minimum absolute atomic E-state index is 0.0625. The molecule has 0 aromatic heterocycles. The number of aliphatic carboxylic acids is 1. The second kappa shape index (κ2) is 4.63. The third-order valence-electron chi connectivity index (χ3n) is 1.90. The van der Waals surface area contributed by atoms with Crippen LogP contribution < -0.4 is 0 Å². The van der Waals surface area contributed by atoms with Crippen LogP contribution in [0.2, 0.25) is 0 Å². The number of nitriles is 1. The normalized spacial score (nSPS) is 9.50. The van der Waals surface area contributed by atoms with Gasteiger partial charge < -0.3 is 5.11 Å². The number of nitro benzene ring substituents is 1. The van der Waals surface area contributed by atoms with Gasteiger partial charge in [-0.25, -0.2) is 0 Å². The van der Waals surface area contributed by atoms with Crippen LogP contribution in [0.15, 0.2) is 17.0 Å². The molecule has 0 aliphatic heterocycles. The molecular formula is C9H6N2O4S. The van der Waals surface area contributed by atoms with Crippen molar-refractivity contribution in [2.45, 2.75) is 11.3 Å². The number of thiol groups is 1. The van der Waals surface area contributed by atoms with E-state index in [0.29, 0.717) is 0 Å². The van der Waals surface area contributed by atoms with Crippen molar-refractivity contribution in [3.8, 4) is 6.07 Å². The SMILES string of the molecule is N#Cc1c([N+](=O)[O-])ccc(S)c1CC(=O)O.